The Balaban J connectivity index is 1.95. The average molecular weight is 334 g/mol. The maximum Gasteiger partial charge on any atom is 0.191 e. The van der Waals surface area contributed by atoms with E-state index >= 15 is 0 Å². The SMILES string of the molecule is CCNC(=NCc1ccc(SC)cc1)NCc1sccc1C. The van der Waals surface area contributed by atoms with Gasteiger partial charge in [0.2, 0.25) is 0 Å². The van der Waals surface area contributed by atoms with E-state index in [0.717, 1.165) is 19.0 Å². The van der Waals surface area contributed by atoms with Gasteiger partial charge in [0.25, 0.3) is 0 Å². The molecule has 3 nitrogen and oxygen atoms in total. The Morgan fingerprint density at radius 2 is 1.95 bits per heavy atom. The van der Waals surface area contributed by atoms with Gasteiger partial charge in [-0.15, -0.1) is 23.1 Å². The summed E-state index contributed by atoms with van der Waals surface area (Å²) in [5.41, 5.74) is 2.56. The summed E-state index contributed by atoms with van der Waals surface area (Å²) < 4.78 is 0. The first-order valence-electron chi connectivity index (χ1n) is 7.41. The second kappa shape index (κ2) is 8.86. The van der Waals surface area contributed by atoms with E-state index in [4.69, 9.17) is 0 Å². The number of nitrogens with one attached hydrogen (secondary N) is 2. The van der Waals surface area contributed by atoms with Gasteiger partial charge >= 0.3 is 0 Å². The third-order valence-corrected chi connectivity index (χ3v) is 5.07. The van der Waals surface area contributed by atoms with Gasteiger partial charge in [-0.05, 0) is 54.8 Å². The van der Waals surface area contributed by atoms with Crippen molar-refractivity contribution in [3.05, 3.63) is 51.7 Å². The van der Waals surface area contributed by atoms with Crippen LogP contribution in [0.1, 0.15) is 22.9 Å². The monoisotopic (exact) mass is 333 g/mol. The highest BCUT2D eigenvalue weighted by Gasteiger charge is 2.02. The zero-order chi connectivity index (χ0) is 15.8. The lowest BCUT2D eigenvalue weighted by Gasteiger charge is -2.11. The topological polar surface area (TPSA) is 36.4 Å². The molecule has 0 radical (unpaired) electrons. The van der Waals surface area contributed by atoms with Crippen molar-refractivity contribution < 1.29 is 0 Å². The van der Waals surface area contributed by atoms with E-state index in [9.17, 15) is 0 Å². The molecule has 0 unspecified atom stereocenters. The van der Waals surface area contributed by atoms with Gasteiger partial charge in [-0.3, -0.25) is 0 Å². The Kier molecular flexibility index (Phi) is 6.80. The highest BCUT2D eigenvalue weighted by atomic mass is 32.2. The van der Waals surface area contributed by atoms with Crippen LogP contribution in [0.5, 0.6) is 0 Å². The van der Waals surface area contributed by atoms with Crippen LogP contribution in [0.2, 0.25) is 0 Å². The third-order valence-electron chi connectivity index (χ3n) is 3.31. The highest BCUT2D eigenvalue weighted by Crippen LogP contribution is 2.16. The van der Waals surface area contributed by atoms with Gasteiger partial charge in [0.15, 0.2) is 5.96 Å². The molecule has 1 heterocycles. The van der Waals surface area contributed by atoms with E-state index in [1.165, 1.54) is 20.9 Å². The van der Waals surface area contributed by atoms with Crippen molar-refractivity contribution in [1.29, 1.82) is 0 Å². The van der Waals surface area contributed by atoms with Crippen LogP contribution in [0.25, 0.3) is 0 Å². The summed E-state index contributed by atoms with van der Waals surface area (Å²) in [6.07, 6.45) is 2.09. The van der Waals surface area contributed by atoms with E-state index in [2.05, 4.69) is 71.4 Å². The number of thiophene rings is 1. The van der Waals surface area contributed by atoms with Crippen LogP contribution in [0.3, 0.4) is 0 Å². The van der Waals surface area contributed by atoms with Crippen molar-refractivity contribution >= 4 is 29.1 Å². The average Bonchev–Trinajstić information content (AvgIpc) is 2.96. The second-order valence-corrected chi connectivity index (χ2v) is 6.80. The molecule has 2 rings (SSSR count). The predicted molar refractivity (Wildman–Crippen MR) is 98.9 cm³/mol. The molecule has 0 bridgehead atoms. The fourth-order valence-corrected chi connectivity index (χ4v) is 3.25. The first-order chi connectivity index (χ1) is 10.7. The van der Waals surface area contributed by atoms with E-state index in [1.807, 2.05) is 0 Å². The molecule has 2 N–H and O–H groups in total. The van der Waals surface area contributed by atoms with Crippen molar-refractivity contribution in [2.75, 3.05) is 12.8 Å². The highest BCUT2D eigenvalue weighted by molar-refractivity contribution is 7.98. The first kappa shape index (κ1) is 16.9. The molecule has 0 atom stereocenters. The predicted octanol–water partition coefficient (Wildman–Crippen LogP) is 4.03. The van der Waals surface area contributed by atoms with Gasteiger partial charge in [-0.25, -0.2) is 4.99 Å². The summed E-state index contributed by atoms with van der Waals surface area (Å²) in [6, 6.07) is 10.7. The minimum absolute atomic E-state index is 0.688. The molecule has 1 aromatic carbocycles. The number of rotatable bonds is 6. The summed E-state index contributed by atoms with van der Waals surface area (Å²) in [5, 5.41) is 8.83. The lowest BCUT2D eigenvalue weighted by molar-refractivity contribution is 0.821. The van der Waals surface area contributed by atoms with Gasteiger partial charge in [-0.2, -0.15) is 0 Å². The van der Waals surface area contributed by atoms with Gasteiger partial charge in [0, 0.05) is 16.3 Å². The van der Waals surface area contributed by atoms with Crippen molar-refractivity contribution in [3.63, 3.8) is 0 Å². The van der Waals surface area contributed by atoms with Crippen molar-refractivity contribution in [3.8, 4) is 0 Å². The smallest absolute Gasteiger partial charge is 0.191 e. The van der Waals surface area contributed by atoms with Crippen LogP contribution in [0.4, 0.5) is 0 Å². The molecule has 0 amide bonds. The number of aliphatic imine (C=N–C) groups is 1. The number of benzene rings is 1. The number of guanidine groups is 1. The van der Waals surface area contributed by atoms with E-state index in [1.54, 1.807) is 23.1 Å². The molecule has 0 aliphatic heterocycles. The van der Waals surface area contributed by atoms with Crippen LogP contribution in [-0.2, 0) is 13.1 Å². The third kappa shape index (κ3) is 5.07. The maximum absolute atomic E-state index is 4.66. The number of aryl methyl sites for hydroxylation is 1. The summed E-state index contributed by atoms with van der Waals surface area (Å²) in [7, 11) is 0. The Morgan fingerprint density at radius 1 is 1.18 bits per heavy atom. The van der Waals surface area contributed by atoms with Gasteiger partial charge in [0.1, 0.15) is 0 Å². The van der Waals surface area contributed by atoms with Crippen LogP contribution >= 0.6 is 23.1 Å². The molecule has 0 fully saturated rings. The zero-order valence-electron chi connectivity index (χ0n) is 13.3. The molecular weight excluding hydrogens is 310 g/mol. The Hall–Kier alpha value is -1.46. The molecule has 0 aliphatic carbocycles. The quantitative estimate of drug-likeness (QED) is 0.476. The maximum atomic E-state index is 4.66. The fraction of sp³-hybridized carbons (Fsp3) is 0.353. The van der Waals surface area contributed by atoms with Crippen molar-refractivity contribution in [2.45, 2.75) is 31.8 Å². The Morgan fingerprint density at radius 3 is 2.55 bits per heavy atom. The first-order valence-corrected chi connectivity index (χ1v) is 9.51. The van der Waals surface area contributed by atoms with E-state index in [0.29, 0.717) is 6.54 Å². The molecule has 0 saturated carbocycles. The fourth-order valence-electron chi connectivity index (χ4n) is 1.99. The number of thioether (sulfide) groups is 1. The summed E-state index contributed by atoms with van der Waals surface area (Å²) in [5.74, 6) is 0.865. The van der Waals surface area contributed by atoms with Crippen LogP contribution in [0.15, 0.2) is 45.6 Å². The lowest BCUT2D eigenvalue weighted by atomic mass is 10.2. The number of nitrogens with zero attached hydrogens (tertiary/aromatic N) is 1. The van der Waals surface area contributed by atoms with E-state index in [-0.39, 0.29) is 0 Å². The molecule has 118 valence electrons. The normalized spacial score (nSPS) is 11.5. The lowest BCUT2D eigenvalue weighted by Crippen LogP contribution is -2.36. The Labute approximate surface area is 141 Å². The molecule has 5 heteroatoms. The van der Waals surface area contributed by atoms with Crippen LogP contribution in [-0.4, -0.2) is 18.8 Å². The molecule has 22 heavy (non-hydrogen) atoms. The van der Waals surface area contributed by atoms with Crippen molar-refractivity contribution in [1.82, 2.24) is 10.6 Å². The van der Waals surface area contributed by atoms with Crippen LogP contribution < -0.4 is 10.6 Å². The number of hydrogen-bond acceptors (Lipinski definition) is 3. The van der Waals surface area contributed by atoms with Gasteiger partial charge in [0.05, 0.1) is 13.1 Å². The summed E-state index contributed by atoms with van der Waals surface area (Å²) in [6.45, 7) is 6.60. The minimum Gasteiger partial charge on any atom is -0.357 e. The summed E-state index contributed by atoms with van der Waals surface area (Å²) >= 11 is 3.54. The molecule has 0 spiro atoms. The van der Waals surface area contributed by atoms with Crippen molar-refractivity contribution in [2.24, 2.45) is 4.99 Å². The molecule has 0 aliphatic rings. The summed E-state index contributed by atoms with van der Waals surface area (Å²) in [4.78, 5) is 7.30. The van der Waals surface area contributed by atoms with Gasteiger partial charge in [-0.1, -0.05) is 12.1 Å². The number of hydrogen-bond donors (Lipinski definition) is 2. The van der Waals surface area contributed by atoms with E-state index < -0.39 is 0 Å². The van der Waals surface area contributed by atoms with Gasteiger partial charge < -0.3 is 10.6 Å². The molecule has 0 saturated heterocycles. The standard InChI is InChI=1S/C17H23N3S2/c1-4-18-17(20-12-16-13(2)9-10-22-16)19-11-14-5-7-15(21-3)8-6-14/h5-10H,4,11-12H2,1-3H3,(H2,18,19,20). The molecular formula is C17H23N3S2. The van der Waals surface area contributed by atoms with Crippen LogP contribution in [0, 0.1) is 6.92 Å². The molecule has 2 aromatic rings. The second-order valence-electron chi connectivity index (χ2n) is 4.92. The Bertz CT molecular complexity index is 603. The minimum atomic E-state index is 0.688. The largest absolute Gasteiger partial charge is 0.357 e. The zero-order valence-corrected chi connectivity index (χ0v) is 15.0. The molecule has 1 aromatic heterocycles.